The van der Waals surface area contributed by atoms with Crippen molar-refractivity contribution in [2.45, 2.75) is 41.5 Å². The highest BCUT2D eigenvalue weighted by molar-refractivity contribution is 5.36. The van der Waals surface area contributed by atoms with Gasteiger partial charge < -0.3 is 4.40 Å². The maximum absolute atomic E-state index is 4.08. The normalized spacial score (nSPS) is 9.65. The number of imidazole rings is 1. The van der Waals surface area contributed by atoms with Crippen LogP contribution in [0.4, 0.5) is 0 Å². The molecule has 0 aromatic carbocycles. The Morgan fingerprint density at radius 1 is 0.882 bits per heavy atom. The van der Waals surface area contributed by atoms with Gasteiger partial charge in [0.05, 0.1) is 0 Å². The van der Waals surface area contributed by atoms with E-state index in [4.69, 9.17) is 0 Å². The number of fused-ring (bicyclic) bond motifs is 1. The smallest absolute Gasteiger partial charge is 0.136 e. The van der Waals surface area contributed by atoms with Gasteiger partial charge in [-0.25, -0.2) is 4.98 Å². The second kappa shape index (κ2) is 8.80. The summed E-state index contributed by atoms with van der Waals surface area (Å²) < 4.78 is 1.97. The molecular formula is C15H26N2. The van der Waals surface area contributed by atoms with E-state index in [1.165, 1.54) is 0 Å². The third-order valence-corrected chi connectivity index (χ3v) is 1.30. The molecule has 0 N–H and O–H groups in total. The Bertz CT molecular complexity index is 347. The second-order valence-corrected chi connectivity index (χ2v) is 5.36. The summed E-state index contributed by atoms with van der Waals surface area (Å²) in [5, 5.41) is 0. The predicted octanol–water partition coefficient (Wildman–Crippen LogP) is 4.66. The molecule has 0 fully saturated rings. The number of nitrogens with zero attached hydrogens (tertiary/aromatic N) is 2. The summed E-state index contributed by atoms with van der Waals surface area (Å²) in [6.45, 7) is 13.0. The van der Waals surface area contributed by atoms with Crippen molar-refractivity contribution in [2.24, 2.45) is 11.8 Å². The van der Waals surface area contributed by atoms with Crippen molar-refractivity contribution in [3.8, 4) is 0 Å². The summed E-state index contributed by atoms with van der Waals surface area (Å²) in [6, 6.07) is 5.93. The zero-order valence-corrected chi connectivity index (χ0v) is 12.0. The first-order valence-electron chi connectivity index (χ1n) is 6.31. The van der Waals surface area contributed by atoms with Crippen LogP contribution >= 0.6 is 0 Å². The molecule has 0 saturated carbocycles. The van der Waals surface area contributed by atoms with Gasteiger partial charge >= 0.3 is 0 Å². The topological polar surface area (TPSA) is 17.3 Å². The molecule has 96 valence electrons. The van der Waals surface area contributed by atoms with Gasteiger partial charge in [0, 0.05) is 18.6 Å². The molecule has 0 saturated heterocycles. The van der Waals surface area contributed by atoms with Crippen molar-refractivity contribution in [2.75, 3.05) is 0 Å². The van der Waals surface area contributed by atoms with Gasteiger partial charge in [0.15, 0.2) is 0 Å². The van der Waals surface area contributed by atoms with Crippen molar-refractivity contribution in [3.63, 3.8) is 0 Å². The predicted molar refractivity (Wildman–Crippen MR) is 76.2 cm³/mol. The van der Waals surface area contributed by atoms with Crippen molar-refractivity contribution < 1.29 is 0 Å². The standard InChI is InChI=1S/C7H6N2.2C4H10/c1-2-5-9-6-4-8-7(9)3-1;2*1-4(2)3/h1-6H;2*4H,1-3H3. The van der Waals surface area contributed by atoms with Crippen LogP contribution in [-0.4, -0.2) is 9.38 Å². The average Bonchev–Trinajstić information content (AvgIpc) is 2.62. The minimum Gasteiger partial charge on any atom is -0.307 e. The zero-order chi connectivity index (χ0) is 13.3. The van der Waals surface area contributed by atoms with Crippen LogP contribution in [0.5, 0.6) is 0 Å². The van der Waals surface area contributed by atoms with Crippen LogP contribution in [0.25, 0.3) is 5.65 Å². The lowest BCUT2D eigenvalue weighted by atomic mass is 10.3. The SMILES string of the molecule is CC(C)C.CC(C)C.c1ccn2ccnc2c1. The van der Waals surface area contributed by atoms with E-state index in [1.54, 1.807) is 6.20 Å². The van der Waals surface area contributed by atoms with Crippen LogP contribution in [0.15, 0.2) is 36.8 Å². The highest BCUT2D eigenvalue weighted by Gasteiger charge is 1.85. The van der Waals surface area contributed by atoms with Crippen LogP contribution in [0.3, 0.4) is 0 Å². The Balaban J connectivity index is 0.000000274. The molecule has 2 aromatic heterocycles. The Morgan fingerprint density at radius 3 is 1.88 bits per heavy atom. The second-order valence-electron chi connectivity index (χ2n) is 5.36. The molecule has 0 aliphatic heterocycles. The highest BCUT2D eigenvalue weighted by atomic mass is 15.0. The van der Waals surface area contributed by atoms with Crippen molar-refractivity contribution in [3.05, 3.63) is 36.8 Å². The van der Waals surface area contributed by atoms with Crippen molar-refractivity contribution in [1.82, 2.24) is 9.38 Å². The maximum atomic E-state index is 4.08. The molecule has 0 unspecified atom stereocenters. The van der Waals surface area contributed by atoms with Crippen LogP contribution in [0.2, 0.25) is 0 Å². The molecule has 0 spiro atoms. The fraction of sp³-hybridized carbons (Fsp3) is 0.533. The molecule has 0 radical (unpaired) electrons. The molecule has 2 heteroatoms. The minimum atomic E-state index is 0.833. The average molecular weight is 234 g/mol. The van der Waals surface area contributed by atoms with Gasteiger partial charge in [-0.2, -0.15) is 0 Å². The van der Waals surface area contributed by atoms with Gasteiger partial charge in [0.1, 0.15) is 5.65 Å². The molecule has 0 bridgehead atoms. The number of hydrogen-bond donors (Lipinski definition) is 0. The van der Waals surface area contributed by atoms with E-state index >= 15 is 0 Å². The molecular weight excluding hydrogens is 208 g/mol. The van der Waals surface area contributed by atoms with Gasteiger partial charge in [0.25, 0.3) is 0 Å². The third kappa shape index (κ3) is 9.61. The van der Waals surface area contributed by atoms with Crippen molar-refractivity contribution in [1.29, 1.82) is 0 Å². The van der Waals surface area contributed by atoms with Crippen LogP contribution in [0.1, 0.15) is 41.5 Å². The summed E-state index contributed by atoms with van der Waals surface area (Å²) in [6.07, 6.45) is 5.69. The van der Waals surface area contributed by atoms with E-state index < -0.39 is 0 Å². The summed E-state index contributed by atoms with van der Waals surface area (Å²) >= 11 is 0. The number of pyridine rings is 1. The molecule has 0 atom stereocenters. The van der Waals surface area contributed by atoms with E-state index in [-0.39, 0.29) is 0 Å². The Labute approximate surface area is 106 Å². The summed E-state index contributed by atoms with van der Waals surface area (Å²) in [5.74, 6) is 1.67. The lowest BCUT2D eigenvalue weighted by Crippen LogP contribution is -1.77. The monoisotopic (exact) mass is 234 g/mol. The molecule has 2 nitrogen and oxygen atoms in total. The molecule has 0 aliphatic carbocycles. The number of rotatable bonds is 0. The van der Waals surface area contributed by atoms with Gasteiger partial charge in [-0.3, -0.25) is 0 Å². The third-order valence-electron chi connectivity index (χ3n) is 1.30. The van der Waals surface area contributed by atoms with Crippen molar-refractivity contribution >= 4 is 5.65 Å². The van der Waals surface area contributed by atoms with Crippen LogP contribution in [0, 0.1) is 11.8 Å². The van der Waals surface area contributed by atoms with E-state index in [0.717, 1.165) is 17.5 Å². The van der Waals surface area contributed by atoms with Gasteiger partial charge in [-0.15, -0.1) is 0 Å². The fourth-order valence-electron chi connectivity index (χ4n) is 0.864. The largest absolute Gasteiger partial charge is 0.307 e. The molecule has 2 aromatic rings. The van der Waals surface area contributed by atoms with E-state index in [2.05, 4.69) is 46.5 Å². The number of hydrogen-bond acceptors (Lipinski definition) is 1. The number of aromatic nitrogens is 2. The maximum Gasteiger partial charge on any atom is 0.136 e. The molecule has 2 heterocycles. The van der Waals surface area contributed by atoms with Gasteiger partial charge in [-0.05, 0) is 24.0 Å². The van der Waals surface area contributed by atoms with Gasteiger partial charge in [0.2, 0.25) is 0 Å². The summed E-state index contributed by atoms with van der Waals surface area (Å²) in [5.41, 5.74) is 0.998. The molecule has 17 heavy (non-hydrogen) atoms. The molecule has 2 rings (SSSR count). The lowest BCUT2D eigenvalue weighted by molar-refractivity contribution is 0.736. The first kappa shape index (κ1) is 15.7. The molecule has 0 amide bonds. The lowest BCUT2D eigenvalue weighted by Gasteiger charge is -1.86. The van der Waals surface area contributed by atoms with E-state index in [0.29, 0.717) is 0 Å². The van der Waals surface area contributed by atoms with E-state index in [1.807, 2.05) is 35.0 Å². The molecule has 0 aliphatic rings. The summed E-state index contributed by atoms with van der Waals surface area (Å²) in [7, 11) is 0. The Morgan fingerprint density at radius 2 is 1.41 bits per heavy atom. The highest BCUT2D eigenvalue weighted by Crippen LogP contribution is 1.96. The summed E-state index contributed by atoms with van der Waals surface area (Å²) in [4.78, 5) is 4.08. The van der Waals surface area contributed by atoms with Gasteiger partial charge in [-0.1, -0.05) is 47.6 Å². The van der Waals surface area contributed by atoms with E-state index in [9.17, 15) is 0 Å². The van der Waals surface area contributed by atoms with Crippen LogP contribution < -0.4 is 0 Å². The Kier molecular flexibility index (Phi) is 8.12. The minimum absolute atomic E-state index is 0.833. The Hall–Kier alpha value is -1.31. The van der Waals surface area contributed by atoms with Crippen LogP contribution in [-0.2, 0) is 0 Å². The first-order chi connectivity index (χ1) is 7.93. The quantitative estimate of drug-likeness (QED) is 0.648. The zero-order valence-electron chi connectivity index (χ0n) is 12.0. The fourth-order valence-corrected chi connectivity index (χ4v) is 0.864. The first-order valence-corrected chi connectivity index (χ1v) is 6.31.